The number of nitrogens with zero attached hydrogens (tertiary/aromatic N) is 2. The first kappa shape index (κ1) is 14.8. The highest BCUT2D eigenvalue weighted by Gasteiger charge is 2.24. The van der Waals surface area contributed by atoms with Gasteiger partial charge in [0.25, 0.3) is 0 Å². The Morgan fingerprint density at radius 2 is 2.09 bits per heavy atom. The topological polar surface area (TPSA) is 52.2 Å². The average Bonchev–Trinajstić information content (AvgIpc) is 3.25. The van der Waals surface area contributed by atoms with Crippen LogP contribution in [0.4, 0.5) is 0 Å². The van der Waals surface area contributed by atoms with Gasteiger partial charge in [0, 0.05) is 13.1 Å². The maximum Gasteiger partial charge on any atom is 0.122 e. The second-order valence-electron chi connectivity index (χ2n) is 5.72. The molecule has 1 aromatic heterocycles. The molecule has 1 aliphatic rings. The van der Waals surface area contributed by atoms with E-state index in [0.29, 0.717) is 5.56 Å². The van der Waals surface area contributed by atoms with Crippen molar-refractivity contribution in [2.24, 2.45) is 0 Å². The summed E-state index contributed by atoms with van der Waals surface area (Å²) in [4.78, 5) is 2.48. The zero-order chi connectivity index (χ0) is 15.2. The SMILES string of the molecule is N#Cc1cccc(CNC[C@H](c2ccco2)N2CCCC2)c1. The Balaban J connectivity index is 1.60. The fourth-order valence-corrected chi connectivity index (χ4v) is 3.05. The van der Waals surface area contributed by atoms with Crippen LogP contribution in [0.15, 0.2) is 47.1 Å². The first-order chi connectivity index (χ1) is 10.9. The molecule has 22 heavy (non-hydrogen) atoms. The summed E-state index contributed by atoms with van der Waals surface area (Å²) < 4.78 is 5.62. The molecule has 0 aliphatic carbocycles. The summed E-state index contributed by atoms with van der Waals surface area (Å²) in [7, 11) is 0. The summed E-state index contributed by atoms with van der Waals surface area (Å²) >= 11 is 0. The third-order valence-corrected chi connectivity index (χ3v) is 4.18. The Morgan fingerprint density at radius 1 is 1.23 bits per heavy atom. The molecule has 0 amide bonds. The van der Waals surface area contributed by atoms with Gasteiger partial charge in [-0.1, -0.05) is 12.1 Å². The molecule has 0 bridgehead atoms. The van der Waals surface area contributed by atoms with Crippen molar-refractivity contribution >= 4 is 0 Å². The van der Waals surface area contributed by atoms with Crippen LogP contribution in [-0.4, -0.2) is 24.5 Å². The molecule has 4 nitrogen and oxygen atoms in total. The third kappa shape index (κ3) is 3.56. The van der Waals surface area contributed by atoms with E-state index in [9.17, 15) is 0 Å². The number of likely N-dealkylation sites (tertiary alicyclic amines) is 1. The predicted molar refractivity (Wildman–Crippen MR) is 85.1 cm³/mol. The van der Waals surface area contributed by atoms with E-state index < -0.39 is 0 Å². The second-order valence-corrected chi connectivity index (χ2v) is 5.72. The van der Waals surface area contributed by atoms with Crippen molar-refractivity contribution in [3.8, 4) is 6.07 Å². The fraction of sp³-hybridized carbons (Fsp3) is 0.389. The van der Waals surface area contributed by atoms with E-state index in [1.54, 1.807) is 6.26 Å². The molecule has 1 aromatic carbocycles. The third-order valence-electron chi connectivity index (χ3n) is 4.18. The van der Waals surface area contributed by atoms with Gasteiger partial charge >= 0.3 is 0 Å². The first-order valence-electron chi connectivity index (χ1n) is 7.84. The number of rotatable bonds is 6. The van der Waals surface area contributed by atoms with Crippen LogP contribution in [0.1, 0.15) is 35.8 Å². The highest BCUT2D eigenvalue weighted by Crippen LogP contribution is 2.24. The molecule has 2 aromatic rings. The van der Waals surface area contributed by atoms with Crippen LogP contribution in [0, 0.1) is 11.3 Å². The summed E-state index contributed by atoms with van der Waals surface area (Å²) in [5.41, 5.74) is 1.85. The van der Waals surface area contributed by atoms with Crippen molar-refractivity contribution in [1.29, 1.82) is 5.26 Å². The zero-order valence-electron chi connectivity index (χ0n) is 12.7. The van der Waals surface area contributed by atoms with Crippen molar-refractivity contribution in [2.45, 2.75) is 25.4 Å². The van der Waals surface area contributed by atoms with Crippen LogP contribution in [0.5, 0.6) is 0 Å². The molecule has 114 valence electrons. The van der Waals surface area contributed by atoms with Gasteiger partial charge < -0.3 is 9.73 Å². The zero-order valence-corrected chi connectivity index (χ0v) is 12.7. The molecule has 1 saturated heterocycles. The van der Waals surface area contributed by atoms with Crippen molar-refractivity contribution < 1.29 is 4.42 Å². The Labute approximate surface area is 131 Å². The van der Waals surface area contributed by atoms with E-state index in [0.717, 1.165) is 37.5 Å². The van der Waals surface area contributed by atoms with E-state index in [4.69, 9.17) is 9.68 Å². The summed E-state index contributed by atoms with van der Waals surface area (Å²) in [6, 6.07) is 14.2. The number of nitrogens with one attached hydrogen (secondary N) is 1. The van der Waals surface area contributed by atoms with E-state index >= 15 is 0 Å². The minimum absolute atomic E-state index is 0.289. The minimum atomic E-state index is 0.289. The monoisotopic (exact) mass is 295 g/mol. The Bertz CT molecular complexity index is 624. The van der Waals surface area contributed by atoms with Gasteiger partial charge in [-0.2, -0.15) is 5.26 Å². The van der Waals surface area contributed by atoms with E-state index in [1.807, 2.05) is 30.3 Å². The van der Waals surface area contributed by atoms with Gasteiger partial charge in [-0.15, -0.1) is 0 Å². The van der Waals surface area contributed by atoms with Crippen LogP contribution in [0.2, 0.25) is 0 Å². The van der Waals surface area contributed by atoms with E-state index in [-0.39, 0.29) is 6.04 Å². The maximum absolute atomic E-state index is 8.95. The second kappa shape index (κ2) is 7.26. The number of benzene rings is 1. The molecule has 0 radical (unpaired) electrons. The van der Waals surface area contributed by atoms with Crippen LogP contribution in [0.3, 0.4) is 0 Å². The lowest BCUT2D eigenvalue weighted by Gasteiger charge is -2.26. The highest BCUT2D eigenvalue weighted by molar-refractivity contribution is 5.32. The molecule has 0 saturated carbocycles. The molecule has 4 heteroatoms. The summed E-state index contributed by atoms with van der Waals surface area (Å²) in [5.74, 6) is 1.03. The molecule has 1 N–H and O–H groups in total. The predicted octanol–water partition coefficient (Wildman–Crippen LogP) is 3.08. The normalized spacial score (nSPS) is 16.5. The van der Waals surface area contributed by atoms with Crippen LogP contribution in [-0.2, 0) is 6.54 Å². The molecule has 3 rings (SSSR count). The largest absolute Gasteiger partial charge is 0.468 e. The van der Waals surface area contributed by atoms with Crippen LogP contribution in [0.25, 0.3) is 0 Å². The molecule has 1 atom stereocenters. The van der Waals surface area contributed by atoms with Gasteiger partial charge in [0.15, 0.2) is 0 Å². The van der Waals surface area contributed by atoms with E-state index in [1.165, 1.54) is 12.8 Å². The highest BCUT2D eigenvalue weighted by atomic mass is 16.3. The van der Waals surface area contributed by atoms with Gasteiger partial charge in [-0.25, -0.2) is 0 Å². The Hall–Kier alpha value is -2.09. The molecule has 0 unspecified atom stereocenters. The lowest BCUT2D eigenvalue weighted by Crippen LogP contribution is -2.33. The van der Waals surface area contributed by atoms with Gasteiger partial charge in [0.05, 0.1) is 23.9 Å². The average molecular weight is 295 g/mol. The first-order valence-corrected chi connectivity index (χ1v) is 7.84. The van der Waals surface area contributed by atoms with Gasteiger partial charge in [-0.05, 0) is 55.8 Å². The Morgan fingerprint density at radius 3 is 2.82 bits per heavy atom. The van der Waals surface area contributed by atoms with E-state index in [2.05, 4.69) is 22.4 Å². The summed E-state index contributed by atoms with van der Waals surface area (Å²) in [6.07, 6.45) is 4.28. The fourth-order valence-electron chi connectivity index (χ4n) is 3.05. The Kier molecular flexibility index (Phi) is 4.89. The smallest absolute Gasteiger partial charge is 0.122 e. The number of hydrogen-bond acceptors (Lipinski definition) is 4. The molecule has 0 spiro atoms. The van der Waals surface area contributed by atoms with Crippen molar-refractivity contribution in [3.05, 3.63) is 59.5 Å². The quantitative estimate of drug-likeness (QED) is 0.890. The number of hydrogen-bond donors (Lipinski definition) is 1. The molecular weight excluding hydrogens is 274 g/mol. The molecular formula is C18H21N3O. The lowest BCUT2D eigenvalue weighted by molar-refractivity contribution is 0.209. The standard InChI is InChI=1S/C18H21N3O/c19-12-15-5-3-6-16(11-15)13-20-14-17(18-7-4-10-22-18)21-8-1-2-9-21/h3-7,10-11,17,20H,1-2,8-9,13-14H2/t17-/m1/s1. The lowest BCUT2D eigenvalue weighted by atomic mass is 10.1. The molecule has 1 fully saturated rings. The number of nitriles is 1. The molecule has 2 heterocycles. The van der Waals surface area contributed by atoms with Gasteiger partial charge in [-0.3, -0.25) is 4.90 Å². The van der Waals surface area contributed by atoms with Gasteiger partial charge in [0.1, 0.15) is 5.76 Å². The minimum Gasteiger partial charge on any atom is -0.468 e. The molecule has 1 aliphatic heterocycles. The van der Waals surface area contributed by atoms with Gasteiger partial charge in [0.2, 0.25) is 0 Å². The summed E-state index contributed by atoms with van der Waals surface area (Å²) in [5, 5.41) is 12.5. The maximum atomic E-state index is 8.95. The van der Waals surface area contributed by atoms with Crippen molar-refractivity contribution in [3.63, 3.8) is 0 Å². The van der Waals surface area contributed by atoms with Crippen molar-refractivity contribution in [2.75, 3.05) is 19.6 Å². The van der Waals surface area contributed by atoms with Crippen LogP contribution >= 0.6 is 0 Å². The summed E-state index contributed by atoms with van der Waals surface area (Å²) in [6.45, 7) is 3.89. The number of furan rings is 1. The van der Waals surface area contributed by atoms with Crippen LogP contribution < -0.4 is 5.32 Å². The van der Waals surface area contributed by atoms with Crippen molar-refractivity contribution in [1.82, 2.24) is 10.2 Å².